The molecule has 0 aliphatic rings. The number of hydrogen-bond donors (Lipinski definition) is 3. The second kappa shape index (κ2) is 5.04. The van der Waals surface area contributed by atoms with E-state index in [0.717, 1.165) is 0 Å². The fraction of sp³-hybridized carbons (Fsp3) is 0.600. The highest BCUT2D eigenvalue weighted by Gasteiger charge is 2.11. The van der Waals surface area contributed by atoms with Crippen LogP contribution in [0, 0.1) is 0 Å². The summed E-state index contributed by atoms with van der Waals surface area (Å²) in [6.45, 7) is 0. The van der Waals surface area contributed by atoms with Crippen molar-refractivity contribution in [1.29, 1.82) is 0 Å². The normalized spacial score (nSPS) is 12.2. The third-order valence-electron chi connectivity index (χ3n) is 1.18. The third kappa shape index (κ3) is 4.70. The molecule has 2 unspecified atom stereocenters. The molecule has 5 N–H and O–H groups in total. The van der Waals surface area contributed by atoms with E-state index in [1.807, 2.05) is 9.39 Å². The first kappa shape index (κ1) is 10.3. The molecule has 0 aromatic heterocycles. The molecule has 0 saturated carbocycles. The number of nitrogens with two attached hydrogens (primary N) is 2. The van der Waals surface area contributed by atoms with Crippen molar-refractivity contribution in [2.75, 3.05) is 0 Å². The summed E-state index contributed by atoms with van der Waals surface area (Å²) >= 11 is 0. The average Bonchev–Trinajstić information content (AvgIpc) is 1.98. The summed E-state index contributed by atoms with van der Waals surface area (Å²) in [6.07, 6.45) is 0.425. The quantitative estimate of drug-likeness (QED) is 0.455. The molecule has 0 rings (SSSR count). The maximum atomic E-state index is 10.7. The minimum absolute atomic E-state index is 0.138. The van der Waals surface area contributed by atoms with E-state index in [1.54, 1.807) is 0 Å². The maximum absolute atomic E-state index is 10.7. The molecule has 11 heavy (non-hydrogen) atoms. The summed E-state index contributed by atoms with van der Waals surface area (Å²) < 4.78 is 0. The zero-order chi connectivity index (χ0) is 8.85. The molecular formula is C5H12N3O2P. The van der Waals surface area contributed by atoms with Crippen LogP contribution in [0.2, 0.25) is 0 Å². The Kier molecular flexibility index (Phi) is 4.74. The lowest BCUT2D eigenvalue weighted by Gasteiger charge is -2.06. The van der Waals surface area contributed by atoms with Crippen molar-refractivity contribution in [3.8, 4) is 0 Å². The second-order valence-corrected chi connectivity index (χ2v) is 2.41. The van der Waals surface area contributed by atoms with Gasteiger partial charge in [-0.1, -0.05) is 0 Å². The predicted octanol–water partition coefficient (Wildman–Crippen LogP) is -1.51. The largest absolute Gasteiger partial charge is 0.370 e. The van der Waals surface area contributed by atoms with Gasteiger partial charge in [-0.3, -0.25) is 9.59 Å². The van der Waals surface area contributed by atoms with Crippen molar-refractivity contribution in [2.24, 2.45) is 11.5 Å². The van der Waals surface area contributed by atoms with Gasteiger partial charge in [0.25, 0.3) is 0 Å². The molecule has 0 fully saturated rings. The molecule has 0 aliphatic heterocycles. The Morgan fingerprint density at radius 2 is 2.09 bits per heavy atom. The van der Waals surface area contributed by atoms with Gasteiger partial charge in [0.15, 0.2) is 0 Å². The van der Waals surface area contributed by atoms with Crippen molar-refractivity contribution in [3.63, 3.8) is 0 Å². The lowest BCUT2D eigenvalue weighted by Crippen LogP contribution is -2.37. The summed E-state index contributed by atoms with van der Waals surface area (Å²) in [5.41, 5.74) is 10.2. The molecule has 64 valence electrons. The Hall–Kier alpha value is -0.670. The Labute approximate surface area is 67.1 Å². The van der Waals surface area contributed by atoms with Gasteiger partial charge >= 0.3 is 0 Å². The highest BCUT2D eigenvalue weighted by atomic mass is 31.0. The smallest absolute Gasteiger partial charge is 0.239 e. The summed E-state index contributed by atoms with van der Waals surface area (Å²) in [7, 11) is 2.04. The van der Waals surface area contributed by atoms with Gasteiger partial charge < -0.3 is 16.6 Å². The number of rotatable bonds is 4. The minimum atomic E-state index is -0.653. The fourth-order valence-electron chi connectivity index (χ4n) is 0.536. The zero-order valence-electron chi connectivity index (χ0n) is 6.04. The summed E-state index contributed by atoms with van der Waals surface area (Å²) in [5, 5.41) is 2.29. The van der Waals surface area contributed by atoms with Crippen molar-refractivity contribution >= 4 is 21.2 Å². The van der Waals surface area contributed by atoms with Gasteiger partial charge in [-0.15, -0.1) is 0 Å². The number of hydrogen-bond acceptors (Lipinski definition) is 3. The average molecular weight is 177 g/mol. The van der Waals surface area contributed by atoms with E-state index in [2.05, 4.69) is 5.09 Å². The highest BCUT2D eigenvalue weighted by Crippen LogP contribution is 1.94. The van der Waals surface area contributed by atoms with Gasteiger partial charge in [0.2, 0.25) is 11.8 Å². The van der Waals surface area contributed by atoms with Crippen LogP contribution in [0.15, 0.2) is 0 Å². The van der Waals surface area contributed by atoms with Crippen LogP contribution in [-0.4, -0.2) is 17.9 Å². The van der Waals surface area contributed by atoms with Crippen LogP contribution in [0.4, 0.5) is 0 Å². The van der Waals surface area contributed by atoms with Gasteiger partial charge in [-0.2, -0.15) is 0 Å². The number of primary amides is 1. The van der Waals surface area contributed by atoms with Crippen LogP contribution in [0.1, 0.15) is 12.8 Å². The fourth-order valence-corrected chi connectivity index (χ4v) is 0.750. The van der Waals surface area contributed by atoms with Gasteiger partial charge in [-0.25, -0.2) is 0 Å². The Morgan fingerprint density at radius 1 is 1.55 bits per heavy atom. The van der Waals surface area contributed by atoms with Crippen LogP contribution in [0.25, 0.3) is 0 Å². The van der Waals surface area contributed by atoms with Crippen molar-refractivity contribution < 1.29 is 9.59 Å². The summed E-state index contributed by atoms with van der Waals surface area (Å²) in [6, 6.07) is -0.653. The van der Waals surface area contributed by atoms with E-state index in [9.17, 15) is 9.59 Å². The van der Waals surface area contributed by atoms with Gasteiger partial charge in [0.05, 0.1) is 6.04 Å². The standard InChI is InChI=1S/C5H12N3O2P/c6-3(5(10)8-11)1-2-4(7)9/h3H,1-2,6,11H2,(H2,7,9)(H,8,10). The first-order chi connectivity index (χ1) is 5.07. The van der Waals surface area contributed by atoms with Gasteiger partial charge in [0.1, 0.15) is 0 Å². The monoisotopic (exact) mass is 177 g/mol. The highest BCUT2D eigenvalue weighted by molar-refractivity contribution is 7.15. The lowest BCUT2D eigenvalue weighted by atomic mass is 10.1. The molecule has 0 radical (unpaired) electrons. The van der Waals surface area contributed by atoms with Crippen molar-refractivity contribution in [3.05, 3.63) is 0 Å². The van der Waals surface area contributed by atoms with Crippen LogP contribution in [-0.2, 0) is 9.59 Å². The number of carbonyl (C=O) groups excluding carboxylic acids is 2. The van der Waals surface area contributed by atoms with E-state index in [1.165, 1.54) is 0 Å². The first-order valence-electron chi connectivity index (χ1n) is 3.12. The van der Waals surface area contributed by atoms with E-state index in [0.29, 0.717) is 0 Å². The Bertz CT molecular complexity index is 162. The molecule has 2 atom stereocenters. The summed E-state index contributed by atoms with van der Waals surface area (Å²) in [4.78, 5) is 21.0. The molecule has 6 heteroatoms. The predicted molar refractivity (Wildman–Crippen MR) is 44.3 cm³/mol. The Morgan fingerprint density at radius 3 is 2.45 bits per heavy atom. The van der Waals surface area contributed by atoms with E-state index in [4.69, 9.17) is 11.5 Å². The van der Waals surface area contributed by atoms with Gasteiger partial charge in [0, 0.05) is 6.42 Å². The maximum Gasteiger partial charge on any atom is 0.239 e. The van der Waals surface area contributed by atoms with E-state index < -0.39 is 11.9 Å². The zero-order valence-corrected chi connectivity index (χ0v) is 7.19. The molecule has 5 nitrogen and oxygen atoms in total. The second-order valence-electron chi connectivity index (χ2n) is 2.12. The van der Waals surface area contributed by atoms with E-state index in [-0.39, 0.29) is 18.7 Å². The third-order valence-corrected chi connectivity index (χ3v) is 1.47. The van der Waals surface area contributed by atoms with Crippen LogP contribution in [0.5, 0.6) is 0 Å². The molecule has 0 aliphatic carbocycles. The number of amides is 2. The number of nitrogens with one attached hydrogen (secondary N) is 1. The molecule has 0 bridgehead atoms. The van der Waals surface area contributed by atoms with E-state index >= 15 is 0 Å². The van der Waals surface area contributed by atoms with Crippen LogP contribution in [0.3, 0.4) is 0 Å². The molecule has 0 spiro atoms. The lowest BCUT2D eigenvalue weighted by molar-refractivity contribution is -0.121. The molecule has 2 amide bonds. The van der Waals surface area contributed by atoms with Crippen LogP contribution < -0.4 is 16.6 Å². The van der Waals surface area contributed by atoms with Crippen molar-refractivity contribution in [2.45, 2.75) is 18.9 Å². The molecule has 0 heterocycles. The molecule has 0 aromatic rings. The molecular weight excluding hydrogens is 165 g/mol. The first-order valence-corrected chi connectivity index (χ1v) is 3.70. The van der Waals surface area contributed by atoms with Gasteiger partial charge in [-0.05, 0) is 15.8 Å². The Balaban J connectivity index is 3.60. The SMILES string of the molecule is NC(=O)CCC(N)C(=O)NP. The topological polar surface area (TPSA) is 98.2 Å². The van der Waals surface area contributed by atoms with Crippen LogP contribution >= 0.6 is 9.39 Å². The molecule has 0 saturated heterocycles. The number of carbonyl (C=O) groups is 2. The summed E-state index contributed by atoms with van der Waals surface area (Å²) in [5.74, 6) is -0.756. The minimum Gasteiger partial charge on any atom is -0.370 e. The molecule has 0 aromatic carbocycles. The van der Waals surface area contributed by atoms with Crippen molar-refractivity contribution in [1.82, 2.24) is 5.09 Å².